The smallest absolute Gasteiger partial charge is 0.0142 e. The van der Waals surface area contributed by atoms with Gasteiger partial charge < -0.3 is 0 Å². The highest BCUT2D eigenvalue weighted by atomic mass is 14.3. The van der Waals surface area contributed by atoms with Gasteiger partial charge in [0.1, 0.15) is 0 Å². The average molecular weight is 421 g/mol. The summed E-state index contributed by atoms with van der Waals surface area (Å²) in [5.74, 6) is 0.416. The summed E-state index contributed by atoms with van der Waals surface area (Å²) in [6.07, 6.45) is 2.09. The summed E-state index contributed by atoms with van der Waals surface area (Å²) in [6.45, 7) is 0. The van der Waals surface area contributed by atoms with Crippen LogP contribution in [0.15, 0.2) is 115 Å². The van der Waals surface area contributed by atoms with E-state index in [4.69, 9.17) is 0 Å². The van der Waals surface area contributed by atoms with Crippen LogP contribution in [0.1, 0.15) is 33.7 Å². The molecule has 0 amide bonds. The topological polar surface area (TPSA) is 0 Å². The number of benzene rings is 5. The molecule has 0 bridgehead atoms. The van der Waals surface area contributed by atoms with E-state index in [-0.39, 0.29) is 0 Å². The molecule has 5 aromatic carbocycles. The van der Waals surface area contributed by atoms with Gasteiger partial charge >= 0.3 is 0 Å². The lowest BCUT2D eigenvalue weighted by molar-refractivity contribution is 0.827. The van der Waals surface area contributed by atoms with Crippen LogP contribution in [0.3, 0.4) is 0 Å². The predicted octanol–water partition coefficient (Wildman–Crippen LogP) is 8.28. The number of hydrogen-bond acceptors (Lipinski definition) is 0. The Hall–Kier alpha value is -3.90. The molecule has 1 unspecified atom stereocenters. The third-order valence-corrected chi connectivity index (χ3v) is 7.47. The standard InChI is InChI=1S/C33H24/c1-2-8-22(9-3-1)18-32-28-12-6-7-13-29(28)33-21-24(16-17-30(32)33)23-14-15-26-19-25-10-4-5-11-27(25)31(26)20-23/h1-17,20-21,32H,18-19H2. The summed E-state index contributed by atoms with van der Waals surface area (Å²) in [7, 11) is 0. The van der Waals surface area contributed by atoms with Crippen molar-refractivity contribution in [1.29, 1.82) is 0 Å². The second kappa shape index (κ2) is 7.32. The first-order valence-electron chi connectivity index (χ1n) is 11.8. The van der Waals surface area contributed by atoms with Crippen LogP contribution in [0.2, 0.25) is 0 Å². The van der Waals surface area contributed by atoms with Gasteiger partial charge in [0.05, 0.1) is 0 Å². The van der Waals surface area contributed by atoms with Crippen LogP contribution < -0.4 is 0 Å². The van der Waals surface area contributed by atoms with Crippen LogP contribution in [-0.2, 0) is 12.8 Å². The Balaban J connectivity index is 1.32. The Bertz CT molecular complexity index is 1510. The lowest BCUT2D eigenvalue weighted by Gasteiger charge is -2.14. The molecule has 0 spiro atoms. The normalized spacial score (nSPS) is 15.0. The van der Waals surface area contributed by atoms with Crippen LogP contribution >= 0.6 is 0 Å². The van der Waals surface area contributed by atoms with Gasteiger partial charge in [-0.1, -0.05) is 103 Å². The van der Waals surface area contributed by atoms with E-state index >= 15 is 0 Å². The lowest BCUT2D eigenvalue weighted by atomic mass is 9.89. The zero-order valence-electron chi connectivity index (χ0n) is 18.5. The van der Waals surface area contributed by atoms with E-state index in [1.54, 1.807) is 0 Å². The molecule has 5 aromatic rings. The second-order valence-corrected chi connectivity index (χ2v) is 9.34. The average Bonchev–Trinajstić information content (AvgIpc) is 3.40. The molecule has 0 heteroatoms. The third-order valence-electron chi connectivity index (χ3n) is 7.47. The molecule has 7 rings (SSSR count). The molecule has 0 saturated carbocycles. The minimum atomic E-state index is 0.416. The summed E-state index contributed by atoms with van der Waals surface area (Å²) >= 11 is 0. The largest absolute Gasteiger partial charge is 0.0622 e. The van der Waals surface area contributed by atoms with Gasteiger partial charge in [0.25, 0.3) is 0 Å². The number of fused-ring (bicyclic) bond motifs is 6. The quantitative estimate of drug-likeness (QED) is 0.270. The van der Waals surface area contributed by atoms with Gasteiger partial charge in [-0.25, -0.2) is 0 Å². The summed E-state index contributed by atoms with van der Waals surface area (Å²) < 4.78 is 0. The van der Waals surface area contributed by atoms with Crippen LogP contribution in [0.5, 0.6) is 0 Å². The van der Waals surface area contributed by atoms with E-state index < -0.39 is 0 Å². The van der Waals surface area contributed by atoms with E-state index in [0.29, 0.717) is 5.92 Å². The van der Waals surface area contributed by atoms with Crippen molar-refractivity contribution in [3.63, 3.8) is 0 Å². The Morgan fingerprint density at radius 1 is 0.485 bits per heavy atom. The minimum absolute atomic E-state index is 0.416. The van der Waals surface area contributed by atoms with E-state index in [2.05, 4.69) is 115 Å². The van der Waals surface area contributed by atoms with Crippen molar-refractivity contribution in [3.05, 3.63) is 143 Å². The Kier molecular flexibility index (Phi) is 4.14. The van der Waals surface area contributed by atoms with E-state index in [1.165, 1.54) is 61.2 Å². The molecule has 0 saturated heterocycles. The fraction of sp³-hybridized carbons (Fsp3) is 0.0909. The highest BCUT2D eigenvalue weighted by Crippen LogP contribution is 2.48. The minimum Gasteiger partial charge on any atom is -0.0622 e. The monoisotopic (exact) mass is 420 g/mol. The van der Waals surface area contributed by atoms with Crippen molar-refractivity contribution < 1.29 is 0 Å². The van der Waals surface area contributed by atoms with Gasteiger partial charge in [-0.05, 0) is 86.2 Å². The van der Waals surface area contributed by atoms with Crippen molar-refractivity contribution >= 4 is 0 Å². The molecule has 0 fully saturated rings. The van der Waals surface area contributed by atoms with Crippen LogP contribution in [0.25, 0.3) is 33.4 Å². The summed E-state index contributed by atoms with van der Waals surface area (Å²) in [6, 6.07) is 42.8. The van der Waals surface area contributed by atoms with E-state index in [0.717, 1.165) is 12.8 Å². The van der Waals surface area contributed by atoms with Gasteiger partial charge in [-0.3, -0.25) is 0 Å². The summed E-state index contributed by atoms with van der Waals surface area (Å²) in [5.41, 5.74) is 15.4. The third kappa shape index (κ3) is 2.98. The maximum Gasteiger partial charge on any atom is 0.0142 e. The molecule has 156 valence electrons. The van der Waals surface area contributed by atoms with Crippen LogP contribution in [0.4, 0.5) is 0 Å². The first kappa shape index (κ1) is 18.7. The molecule has 1 atom stereocenters. The van der Waals surface area contributed by atoms with E-state index in [9.17, 15) is 0 Å². The van der Waals surface area contributed by atoms with Crippen LogP contribution in [0, 0.1) is 0 Å². The first-order valence-corrected chi connectivity index (χ1v) is 11.8. The van der Waals surface area contributed by atoms with Crippen molar-refractivity contribution in [2.45, 2.75) is 18.8 Å². The van der Waals surface area contributed by atoms with Crippen LogP contribution in [-0.4, -0.2) is 0 Å². The molecule has 0 heterocycles. The van der Waals surface area contributed by atoms with E-state index in [1.807, 2.05) is 0 Å². The lowest BCUT2D eigenvalue weighted by Crippen LogP contribution is -2.01. The number of rotatable bonds is 3. The first-order chi connectivity index (χ1) is 16.3. The highest BCUT2D eigenvalue weighted by Gasteiger charge is 2.29. The van der Waals surface area contributed by atoms with Crippen molar-refractivity contribution in [3.8, 4) is 33.4 Å². The fourth-order valence-electron chi connectivity index (χ4n) is 5.86. The Morgan fingerprint density at radius 3 is 2.00 bits per heavy atom. The van der Waals surface area contributed by atoms with Gasteiger partial charge in [0, 0.05) is 5.92 Å². The predicted molar refractivity (Wildman–Crippen MR) is 138 cm³/mol. The molecule has 2 aliphatic rings. The molecule has 2 aliphatic carbocycles. The zero-order chi connectivity index (χ0) is 21.8. The maximum absolute atomic E-state index is 2.42. The number of hydrogen-bond donors (Lipinski definition) is 0. The molecule has 0 nitrogen and oxygen atoms in total. The van der Waals surface area contributed by atoms with Gasteiger partial charge in [0.15, 0.2) is 0 Å². The molecule has 0 radical (unpaired) electrons. The van der Waals surface area contributed by atoms with Crippen molar-refractivity contribution in [2.24, 2.45) is 0 Å². The zero-order valence-corrected chi connectivity index (χ0v) is 18.5. The molecule has 0 aliphatic heterocycles. The maximum atomic E-state index is 2.42. The fourth-order valence-corrected chi connectivity index (χ4v) is 5.86. The van der Waals surface area contributed by atoms with Crippen molar-refractivity contribution in [1.82, 2.24) is 0 Å². The molecule has 0 aromatic heterocycles. The van der Waals surface area contributed by atoms with Gasteiger partial charge in [-0.2, -0.15) is 0 Å². The molecular formula is C33H24. The Labute approximate surface area is 195 Å². The summed E-state index contributed by atoms with van der Waals surface area (Å²) in [5, 5.41) is 0. The molecule has 0 N–H and O–H groups in total. The van der Waals surface area contributed by atoms with Crippen molar-refractivity contribution in [2.75, 3.05) is 0 Å². The molecular weight excluding hydrogens is 396 g/mol. The summed E-state index contributed by atoms with van der Waals surface area (Å²) in [4.78, 5) is 0. The second-order valence-electron chi connectivity index (χ2n) is 9.34. The SMILES string of the molecule is c1ccc(CC2c3ccccc3-c3cc(-c4ccc5c(c4)-c4ccccc4C5)ccc32)cc1. The van der Waals surface area contributed by atoms with Gasteiger partial charge in [0.2, 0.25) is 0 Å². The Morgan fingerprint density at radius 2 is 1.12 bits per heavy atom. The van der Waals surface area contributed by atoms with Gasteiger partial charge in [-0.15, -0.1) is 0 Å². The highest BCUT2D eigenvalue weighted by molar-refractivity contribution is 5.86. The molecule has 33 heavy (non-hydrogen) atoms.